The fourth-order valence-electron chi connectivity index (χ4n) is 2.35. The molecular weight excluding hydrogens is 373 g/mol. The zero-order valence-corrected chi connectivity index (χ0v) is 15.1. The van der Waals surface area contributed by atoms with Crippen molar-refractivity contribution in [3.05, 3.63) is 70.5 Å². The van der Waals surface area contributed by atoms with Crippen molar-refractivity contribution in [1.82, 2.24) is 10.6 Å². The highest BCUT2D eigenvalue weighted by Gasteiger charge is 2.22. The van der Waals surface area contributed by atoms with E-state index in [4.69, 9.17) is 17.3 Å². The predicted octanol–water partition coefficient (Wildman–Crippen LogP) is 2.16. The zero-order chi connectivity index (χ0) is 19.8. The molecule has 27 heavy (non-hydrogen) atoms. The lowest BCUT2D eigenvalue weighted by atomic mass is 10.1. The first-order valence-corrected chi connectivity index (χ1v) is 8.60. The summed E-state index contributed by atoms with van der Waals surface area (Å²) in [7, 11) is 0. The first kappa shape index (κ1) is 20.4. The van der Waals surface area contributed by atoms with Crippen LogP contribution in [0.5, 0.6) is 0 Å². The molecule has 8 heteroatoms. The summed E-state index contributed by atoms with van der Waals surface area (Å²) in [6.45, 7) is -0.0462. The van der Waals surface area contributed by atoms with Crippen LogP contribution in [0.1, 0.15) is 28.8 Å². The Hall–Kier alpha value is -2.93. The van der Waals surface area contributed by atoms with E-state index in [0.717, 1.165) is 0 Å². The number of nitrogens with two attached hydrogens (primary N) is 1. The quantitative estimate of drug-likeness (QED) is 0.642. The Morgan fingerprint density at radius 1 is 1.07 bits per heavy atom. The summed E-state index contributed by atoms with van der Waals surface area (Å²) in [5.74, 6) is -2.08. The van der Waals surface area contributed by atoms with E-state index in [1.165, 1.54) is 18.2 Å². The van der Waals surface area contributed by atoms with E-state index in [2.05, 4.69) is 10.6 Å². The van der Waals surface area contributed by atoms with Gasteiger partial charge in [0.1, 0.15) is 11.9 Å². The van der Waals surface area contributed by atoms with Crippen molar-refractivity contribution in [3.63, 3.8) is 0 Å². The standard InChI is InChI=1S/C19H19ClFN3O3/c20-14-7-5-12(6-8-14)18(26)24-16(9-10-17(22)25)19(27)23-11-13-3-1-2-4-15(13)21/h1-8,16H,9-11H2,(H2,22,25)(H,23,27)(H,24,26)/t16-/m1/s1. The highest BCUT2D eigenvalue weighted by molar-refractivity contribution is 6.30. The van der Waals surface area contributed by atoms with Gasteiger partial charge in [-0.2, -0.15) is 0 Å². The summed E-state index contributed by atoms with van der Waals surface area (Å²) in [5, 5.41) is 5.60. The van der Waals surface area contributed by atoms with Gasteiger partial charge in [0, 0.05) is 29.1 Å². The van der Waals surface area contributed by atoms with Gasteiger partial charge in [0.25, 0.3) is 5.91 Å². The van der Waals surface area contributed by atoms with Crippen LogP contribution in [0.2, 0.25) is 5.02 Å². The minimum Gasteiger partial charge on any atom is -0.370 e. The second kappa shape index (κ2) is 9.68. The van der Waals surface area contributed by atoms with Crippen LogP contribution in [-0.4, -0.2) is 23.8 Å². The number of halogens is 2. The summed E-state index contributed by atoms with van der Waals surface area (Å²) in [6.07, 6.45) is -0.0591. The lowest BCUT2D eigenvalue weighted by molar-refractivity contribution is -0.123. The number of rotatable bonds is 8. The van der Waals surface area contributed by atoms with Crippen LogP contribution >= 0.6 is 11.6 Å². The normalized spacial score (nSPS) is 11.5. The fraction of sp³-hybridized carbons (Fsp3) is 0.211. The first-order chi connectivity index (χ1) is 12.9. The highest BCUT2D eigenvalue weighted by Crippen LogP contribution is 2.10. The van der Waals surface area contributed by atoms with Gasteiger partial charge in [-0.1, -0.05) is 29.8 Å². The van der Waals surface area contributed by atoms with Gasteiger partial charge >= 0.3 is 0 Å². The Balaban J connectivity index is 2.04. The van der Waals surface area contributed by atoms with Crippen LogP contribution < -0.4 is 16.4 Å². The molecule has 1 atom stereocenters. The molecular formula is C19H19ClFN3O3. The lowest BCUT2D eigenvalue weighted by Gasteiger charge is -2.18. The van der Waals surface area contributed by atoms with E-state index in [-0.39, 0.29) is 19.4 Å². The number of nitrogens with one attached hydrogen (secondary N) is 2. The van der Waals surface area contributed by atoms with Gasteiger partial charge in [0.05, 0.1) is 0 Å². The van der Waals surface area contributed by atoms with E-state index in [9.17, 15) is 18.8 Å². The molecule has 0 aromatic heterocycles. The molecule has 0 fully saturated rings. The second-order valence-corrected chi connectivity index (χ2v) is 6.28. The van der Waals surface area contributed by atoms with Gasteiger partial charge in [-0.05, 0) is 36.8 Å². The van der Waals surface area contributed by atoms with Gasteiger partial charge in [-0.3, -0.25) is 14.4 Å². The number of benzene rings is 2. The summed E-state index contributed by atoms with van der Waals surface area (Å²) in [6, 6.07) is 11.2. The van der Waals surface area contributed by atoms with Crippen molar-refractivity contribution in [2.75, 3.05) is 0 Å². The lowest BCUT2D eigenvalue weighted by Crippen LogP contribution is -2.47. The second-order valence-electron chi connectivity index (χ2n) is 5.85. The van der Waals surface area contributed by atoms with Crippen molar-refractivity contribution >= 4 is 29.3 Å². The minimum absolute atomic E-state index is 0.0256. The molecule has 0 unspecified atom stereocenters. The molecule has 0 aliphatic carbocycles. The smallest absolute Gasteiger partial charge is 0.251 e. The Morgan fingerprint density at radius 3 is 2.37 bits per heavy atom. The van der Waals surface area contributed by atoms with E-state index in [0.29, 0.717) is 16.1 Å². The topological polar surface area (TPSA) is 101 Å². The fourth-order valence-corrected chi connectivity index (χ4v) is 2.47. The molecule has 0 saturated heterocycles. The van der Waals surface area contributed by atoms with Crippen molar-refractivity contribution in [3.8, 4) is 0 Å². The minimum atomic E-state index is -0.993. The van der Waals surface area contributed by atoms with Gasteiger partial charge in [0.15, 0.2) is 0 Å². The van der Waals surface area contributed by atoms with Crippen LogP contribution in [0.3, 0.4) is 0 Å². The van der Waals surface area contributed by atoms with Gasteiger partial charge in [-0.25, -0.2) is 4.39 Å². The number of carbonyl (C=O) groups is 3. The maximum atomic E-state index is 13.7. The number of carbonyl (C=O) groups excluding carboxylic acids is 3. The molecule has 0 heterocycles. The molecule has 6 nitrogen and oxygen atoms in total. The first-order valence-electron chi connectivity index (χ1n) is 8.22. The Morgan fingerprint density at radius 2 is 1.74 bits per heavy atom. The van der Waals surface area contributed by atoms with Crippen LogP contribution in [0.4, 0.5) is 4.39 Å². The molecule has 0 bridgehead atoms. The van der Waals surface area contributed by atoms with Crippen LogP contribution in [0.25, 0.3) is 0 Å². The van der Waals surface area contributed by atoms with Crippen LogP contribution in [0.15, 0.2) is 48.5 Å². The van der Waals surface area contributed by atoms with E-state index < -0.39 is 29.6 Å². The van der Waals surface area contributed by atoms with Gasteiger partial charge < -0.3 is 16.4 Å². The SMILES string of the molecule is NC(=O)CC[C@@H](NC(=O)c1ccc(Cl)cc1)C(=O)NCc1ccccc1F. The maximum absolute atomic E-state index is 13.7. The third-order valence-electron chi connectivity index (χ3n) is 3.82. The molecule has 0 spiro atoms. The molecule has 2 aromatic rings. The van der Waals surface area contributed by atoms with E-state index in [1.54, 1.807) is 30.3 Å². The molecule has 0 saturated carbocycles. The third-order valence-corrected chi connectivity index (χ3v) is 4.07. The van der Waals surface area contributed by atoms with Crippen LogP contribution in [-0.2, 0) is 16.1 Å². The summed E-state index contributed by atoms with van der Waals surface area (Å²) in [5.41, 5.74) is 5.76. The largest absolute Gasteiger partial charge is 0.370 e. The molecule has 4 N–H and O–H groups in total. The van der Waals surface area contributed by atoms with Gasteiger partial charge in [0.2, 0.25) is 11.8 Å². The van der Waals surface area contributed by atoms with Crippen molar-refractivity contribution in [2.24, 2.45) is 5.73 Å². The molecule has 0 aliphatic rings. The molecule has 2 rings (SSSR count). The number of hydrogen-bond acceptors (Lipinski definition) is 3. The average Bonchev–Trinajstić information content (AvgIpc) is 2.64. The summed E-state index contributed by atoms with van der Waals surface area (Å²) < 4.78 is 13.7. The molecule has 0 aliphatic heterocycles. The molecule has 0 radical (unpaired) electrons. The Kier molecular flexibility index (Phi) is 7.31. The number of amides is 3. The monoisotopic (exact) mass is 391 g/mol. The Bertz CT molecular complexity index is 827. The molecule has 3 amide bonds. The van der Waals surface area contributed by atoms with Crippen molar-refractivity contribution in [1.29, 1.82) is 0 Å². The molecule has 2 aromatic carbocycles. The zero-order valence-electron chi connectivity index (χ0n) is 14.4. The number of primary amides is 1. The van der Waals surface area contributed by atoms with E-state index in [1.807, 2.05) is 0 Å². The molecule has 142 valence electrons. The van der Waals surface area contributed by atoms with Gasteiger partial charge in [-0.15, -0.1) is 0 Å². The van der Waals surface area contributed by atoms with Crippen LogP contribution in [0, 0.1) is 5.82 Å². The highest BCUT2D eigenvalue weighted by atomic mass is 35.5. The summed E-state index contributed by atoms with van der Waals surface area (Å²) >= 11 is 5.79. The van der Waals surface area contributed by atoms with Crippen molar-refractivity contribution in [2.45, 2.75) is 25.4 Å². The number of hydrogen-bond donors (Lipinski definition) is 3. The third kappa shape index (κ3) is 6.38. The predicted molar refractivity (Wildman–Crippen MR) is 99.4 cm³/mol. The van der Waals surface area contributed by atoms with Crippen molar-refractivity contribution < 1.29 is 18.8 Å². The van der Waals surface area contributed by atoms with E-state index >= 15 is 0 Å². The Labute approximate surface area is 160 Å². The summed E-state index contributed by atoms with van der Waals surface area (Å²) in [4.78, 5) is 35.8. The maximum Gasteiger partial charge on any atom is 0.251 e. The average molecular weight is 392 g/mol.